The second kappa shape index (κ2) is 8.23. The molecular formula is C16H23Cl2NO. The van der Waals surface area contributed by atoms with Gasteiger partial charge in [-0.2, -0.15) is 0 Å². The second-order valence-corrected chi connectivity index (χ2v) is 6.19. The number of benzene rings is 1. The van der Waals surface area contributed by atoms with Crippen molar-refractivity contribution < 1.29 is 4.74 Å². The molecule has 4 heteroatoms. The number of ether oxygens (including phenoxy) is 1. The molecule has 1 aliphatic rings. The van der Waals surface area contributed by atoms with Crippen LogP contribution in [0.25, 0.3) is 0 Å². The molecule has 112 valence electrons. The first kappa shape index (κ1) is 16.1. The normalized spacial score (nSPS) is 20.2. The van der Waals surface area contributed by atoms with Crippen molar-refractivity contribution in [3.05, 3.63) is 33.8 Å². The molecule has 0 bridgehead atoms. The minimum absolute atomic E-state index is 0.404. The van der Waals surface area contributed by atoms with Crippen LogP contribution in [-0.4, -0.2) is 25.3 Å². The molecule has 0 amide bonds. The Balaban J connectivity index is 1.93. The Morgan fingerprint density at radius 2 is 2.10 bits per heavy atom. The second-order valence-electron chi connectivity index (χ2n) is 5.37. The van der Waals surface area contributed by atoms with E-state index in [2.05, 4.69) is 12.2 Å². The predicted molar refractivity (Wildman–Crippen MR) is 85.8 cm³/mol. The van der Waals surface area contributed by atoms with Gasteiger partial charge in [0.1, 0.15) is 0 Å². The maximum atomic E-state index is 6.26. The van der Waals surface area contributed by atoms with Gasteiger partial charge in [-0.25, -0.2) is 0 Å². The topological polar surface area (TPSA) is 21.3 Å². The van der Waals surface area contributed by atoms with Crippen molar-refractivity contribution in [2.24, 2.45) is 0 Å². The van der Waals surface area contributed by atoms with E-state index in [1.807, 2.05) is 18.2 Å². The average molecular weight is 316 g/mol. The zero-order valence-electron chi connectivity index (χ0n) is 12.0. The zero-order valence-corrected chi connectivity index (χ0v) is 13.5. The van der Waals surface area contributed by atoms with Crippen molar-refractivity contribution in [3.63, 3.8) is 0 Å². The van der Waals surface area contributed by atoms with E-state index in [0.717, 1.165) is 48.0 Å². The van der Waals surface area contributed by atoms with E-state index in [9.17, 15) is 0 Å². The van der Waals surface area contributed by atoms with Crippen LogP contribution in [0.15, 0.2) is 18.2 Å². The summed E-state index contributed by atoms with van der Waals surface area (Å²) < 4.78 is 5.70. The maximum Gasteiger partial charge on any atom is 0.0576 e. The molecule has 1 aliphatic heterocycles. The Labute approximate surface area is 131 Å². The van der Waals surface area contributed by atoms with E-state index >= 15 is 0 Å². The average Bonchev–Trinajstić information content (AvgIpc) is 2.93. The van der Waals surface area contributed by atoms with Crippen LogP contribution in [0, 0.1) is 0 Å². The molecular weight excluding hydrogens is 293 g/mol. The van der Waals surface area contributed by atoms with Gasteiger partial charge in [0.05, 0.1) is 6.10 Å². The Morgan fingerprint density at radius 1 is 1.35 bits per heavy atom. The number of nitrogens with one attached hydrogen (secondary N) is 1. The summed E-state index contributed by atoms with van der Waals surface area (Å²) in [5, 5.41) is 5.06. The minimum atomic E-state index is 0.404. The van der Waals surface area contributed by atoms with Gasteiger partial charge in [0.15, 0.2) is 0 Å². The fourth-order valence-electron chi connectivity index (χ4n) is 2.80. The molecule has 1 aromatic rings. The lowest BCUT2D eigenvalue weighted by Crippen LogP contribution is -2.32. The number of rotatable bonds is 7. The van der Waals surface area contributed by atoms with Gasteiger partial charge in [-0.3, -0.25) is 0 Å². The van der Waals surface area contributed by atoms with E-state index in [1.54, 1.807) is 0 Å². The van der Waals surface area contributed by atoms with Gasteiger partial charge >= 0.3 is 0 Å². The molecule has 1 N–H and O–H groups in total. The molecule has 0 spiro atoms. The SMILES string of the molecule is CCNC(CCC1CCCO1)Cc1c(Cl)cccc1Cl. The number of halogens is 2. The van der Waals surface area contributed by atoms with Crippen LogP contribution in [0.5, 0.6) is 0 Å². The van der Waals surface area contributed by atoms with Gasteiger partial charge in [-0.05, 0) is 56.3 Å². The quantitative estimate of drug-likeness (QED) is 0.801. The summed E-state index contributed by atoms with van der Waals surface area (Å²) >= 11 is 12.5. The molecule has 2 nitrogen and oxygen atoms in total. The standard InChI is InChI=1S/C16H23Cl2NO/c1-2-19-12(8-9-13-5-4-10-20-13)11-14-15(17)6-3-7-16(14)18/h3,6-7,12-13,19H,2,4-5,8-11H2,1H3. The summed E-state index contributed by atoms with van der Waals surface area (Å²) in [5.41, 5.74) is 1.05. The van der Waals surface area contributed by atoms with Gasteiger partial charge in [0.25, 0.3) is 0 Å². The summed E-state index contributed by atoms with van der Waals surface area (Å²) in [7, 11) is 0. The molecule has 2 atom stereocenters. The van der Waals surface area contributed by atoms with Gasteiger partial charge < -0.3 is 10.1 Å². The summed E-state index contributed by atoms with van der Waals surface area (Å²) in [5.74, 6) is 0. The van der Waals surface area contributed by atoms with Crippen LogP contribution < -0.4 is 5.32 Å². The van der Waals surface area contributed by atoms with E-state index in [0.29, 0.717) is 12.1 Å². The monoisotopic (exact) mass is 315 g/mol. The molecule has 0 saturated carbocycles. The predicted octanol–water partition coefficient (Wildman–Crippen LogP) is 4.47. The van der Waals surface area contributed by atoms with E-state index in [4.69, 9.17) is 27.9 Å². The lowest BCUT2D eigenvalue weighted by molar-refractivity contribution is 0.0996. The highest BCUT2D eigenvalue weighted by molar-refractivity contribution is 6.35. The van der Waals surface area contributed by atoms with Crippen molar-refractivity contribution >= 4 is 23.2 Å². The Bertz CT molecular complexity index is 399. The summed E-state index contributed by atoms with van der Waals surface area (Å²) in [6.45, 7) is 4.01. The molecule has 1 fully saturated rings. The Kier molecular flexibility index (Phi) is 6.63. The molecule has 2 unspecified atom stereocenters. The first-order chi connectivity index (χ1) is 9.70. The lowest BCUT2D eigenvalue weighted by atomic mass is 9.99. The van der Waals surface area contributed by atoms with E-state index in [1.165, 1.54) is 12.8 Å². The molecule has 20 heavy (non-hydrogen) atoms. The highest BCUT2D eigenvalue weighted by Crippen LogP contribution is 2.27. The van der Waals surface area contributed by atoms with Crippen LogP contribution in [0.2, 0.25) is 10.0 Å². The first-order valence-corrected chi connectivity index (χ1v) is 8.24. The third kappa shape index (κ3) is 4.63. The lowest BCUT2D eigenvalue weighted by Gasteiger charge is -2.21. The first-order valence-electron chi connectivity index (χ1n) is 7.48. The highest BCUT2D eigenvalue weighted by Gasteiger charge is 2.19. The van der Waals surface area contributed by atoms with Crippen LogP contribution in [0.4, 0.5) is 0 Å². The van der Waals surface area contributed by atoms with Crippen LogP contribution >= 0.6 is 23.2 Å². The fourth-order valence-corrected chi connectivity index (χ4v) is 3.35. The van der Waals surface area contributed by atoms with Crippen molar-refractivity contribution in [1.29, 1.82) is 0 Å². The molecule has 1 saturated heterocycles. The van der Waals surface area contributed by atoms with Gasteiger partial charge in [0, 0.05) is 22.7 Å². The molecule has 0 aromatic heterocycles. The van der Waals surface area contributed by atoms with E-state index in [-0.39, 0.29) is 0 Å². The molecule has 2 rings (SSSR count). The molecule has 0 aliphatic carbocycles. The fraction of sp³-hybridized carbons (Fsp3) is 0.625. The number of hydrogen-bond acceptors (Lipinski definition) is 2. The van der Waals surface area contributed by atoms with Crippen LogP contribution in [0.1, 0.15) is 38.2 Å². The zero-order chi connectivity index (χ0) is 14.4. The van der Waals surface area contributed by atoms with Crippen molar-refractivity contribution in [2.75, 3.05) is 13.2 Å². The largest absolute Gasteiger partial charge is 0.378 e. The molecule has 0 radical (unpaired) electrons. The van der Waals surface area contributed by atoms with Crippen molar-refractivity contribution in [1.82, 2.24) is 5.32 Å². The van der Waals surface area contributed by atoms with Crippen LogP contribution in [-0.2, 0) is 11.2 Å². The highest BCUT2D eigenvalue weighted by atomic mass is 35.5. The molecule has 1 heterocycles. The van der Waals surface area contributed by atoms with Gasteiger partial charge in [-0.1, -0.05) is 36.2 Å². The van der Waals surface area contributed by atoms with Gasteiger partial charge in [-0.15, -0.1) is 0 Å². The minimum Gasteiger partial charge on any atom is -0.378 e. The van der Waals surface area contributed by atoms with Crippen molar-refractivity contribution in [3.8, 4) is 0 Å². The van der Waals surface area contributed by atoms with Gasteiger partial charge in [0.2, 0.25) is 0 Å². The van der Waals surface area contributed by atoms with Crippen molar-refractivity contribution in [2.45, 2.75) is 51.2 Å². The Hall–Kier alpha value is -0.280. The maximum absolute atomic E-state index is 6.26. The summed E-state index contributed by atoms with van der Waals surface area (Å²) in [6.07, 6.45) is 5.93. The third-order valence-corrected chi connectivity index (χ3v) is 4.57. The number of likely N-dealkylation sites (N-methyl/N-ethyl adjacent to an activating group) is 1. The smallest absolute Gasteiger partial charge is 0.0576 e. The number of hydrogen-bond donors (Lipinski definition) is 1. The third-order valence-electron chi connectivity index (χ3n) is 3.87. The van der Waals surface area contributed by atoms with Crippen LogP contribution in [0.3, 0.4) is 0 Å². The van der Waals surface area contributed by atoms with E-state index < -0.39 is 0 Å². The molecule has 1 aromatic carbocycles. The summed E-state index contributed by atoms with van der Waals surface area (Å²) in [4.78, 5) is 0. The Morgan fingerprint density at radius 3 is 2.70 bits per heavy atom. The summed E-state index contributed by atoms with van der Waals surface area (Å²) in [6, 6.07) is 6.11.